The van der Waals surface area contributed by atoms with Crippen molar-refractivity contribution >= 4 is 40.2 Å². The molecule has 0 bridgehead atoms. The van der Waals surface area contributed by atoms with E-state index in [-0.39, 0.29) is 18.1 Å². The van der Waals surface area contributed by atoms with Crippen molar-refractivity contribution in [1.82, 2.24) is 29.1 Å². The molecule has 4 heterocycles. The molecular formula is C32H35ClF2N8O2. The van der Waals surface area contributed by atoms with Gasteiger partial charge in [0, 0.05) is 69.5 Å². The molecule has 2 aliphatic heterocycles. The van der Waals surface area contributed by atoms with Crippen molar-refractivity contribution in [2.24, 2.45) is 5.92 Å². The number of nitrogens with zero attached hydrogens (tertiary/aromatic N) is 7. The number of hydrogen-bond acceptors (Lipinski definition) is 8. The third-order valence-electron chi connectivity index (χ3n) is 8.65. The zero-order valence-electron chi connectivity index (χ0n) is 25.0. The molecule has 1 amide bonds. The number of likely N-dealkylation sites (tertiary alicyclic amines) is 1. The molecular weight excluding hydrogens is 602 g/mol. The molecule has 6 rings (SSSR count). The standard InChI is InChI=1S/C32H35ClF2N8O2/c1-21-6-9-41(20-21)12-11-40-13-15-42(16-14-40)32(44)23-3-2-22(18-25(23)33)39-30-31-38-19-26(43(31)10-8-37-30)24-4-5-27(45-17-7-36)29(35)28(24)34/h2-5,8,10,18-19,21,27,29H,6,9,11-17,20H2,1H3,(H,37,39). The van der Waals surface area contributed by atoms with E-state index in [0.29, 0.717) is 46.5 Å². The molecule has 3 aliphatic rings. The number of amides is 1. The molecule has 2 aromatic heterocycles. The molecule has 1 aromatic carbocycles. The third kappa shape index (κ3) is 6.72. The van der Waals surface area contributed by atoms with Gasteiger partial charge in [-0.15, -0.1) is 0 Å². The normalized spacial score (nSPS) is 22.7. The largest absolute Gasteiger partial charge is 0.356 e. The smallest absolute Gasteiger partial charge is 0.255 e. The molecule has 10 nitrogen and oxygen atoms in total. The Morgan fingerprint density at radius 1 is 1.18 bits per heavy atom. The molecule has 3 unspecified atom stereocenters. The Bertz CT molecular complexity index is 1660. The highest BCUT2D eigenvalue weighted by atomic mass is 35.5. The second-order valence-corrected chi connectivity index (χ2v) is 12.1. The van der Waals surface area contributed by atoms with Crippen LogP contribution in [0.2, 0.25) is 5.02 Å². The van der Waals surface area contributed by atoms with Crippen molar-refractivity contribution in [2.75, 3.05) is 64.3 Å². The summed E-state index contributed by atoms with van der Waals surface area (Å²) in [6.07, 6.45) is 5.42. The lowest BCUT2D eigenvalue weighted by Crippen LogP contribution is -2.50. The molecule has 0 radical (unpaired) electrons. The van der Waals surface area contributed by atoms with Gasteiger partial charge in [0.05, 0.1) is 28.5 Å². The second kappa shape index (κ2) is 13.6. The number of nitrogens with one attached hydrogen (secondary N) is 1. The predicted octanol–water partition coefficient (Wildman–Crippen LogP) is 4.72. The van der Waals surface area contributed by atoms with Crippen molar-refractivity contribution < 1.29 is 18.3 Å². The summed E-state index contributed by atoms with van der Waals surface area (Å²) in [5.41, 5.74) is 1.76. The minimum absolute atomic E-state index is 0.0249. The van der Waals surface area contributed by atoms with Crippen LogP contribution < -0.4 is 5.32 Å². The van der Waals surface area contributed by atoms with E-state index in [0.717, 1.165) is 32.1 Å². The van der Waals surface area contributed by atoms with E-state index in [9.17, 15) is 9.18 Å². The average Bonchev–Trinajstić information content (AvgIpc) is 3.67. The van der Waals surface area contributed by atoms with Crippen molar-refractivity contribution in [3.63, 3.8) is 0 Å². The molecule has 2 saturated heterocycles. The minimum Gasteiger partial charge on any atom is -0.356 e. The fourth-order valence-electron chi connectivity index (χ4n) is 6.11. The van der Waals surface area contributed by atoms with E-state index in [2.05, 4.69) is 32.0 Å². The first-order valence-electron chi connectivity index (χ1n) is 15.2. The van der Waals surface area contributed by atoms with Crippen LogP contribution in [0.1, 0.15) is 29.4 Å². The number of piperazine rings is 1. The fourth-order valence-corrected chi connectivity index (χ4v) is 6.37. The molecule has 3 aromatic rings. The van der Waals surface area contributed by atoms with Gasteiger partial charge in [0.25, 0.3) is 5.91 Å². The van der Waals surface area contributed by atoms with E-state index >= 15 is 4.39 Å². The van der Waals surface area contributed by atoms with E-state index in [1.165, 1.54) is 44.1 Å². The molecule has 45 heavy (non-hydrogen) atoms. The van der Waals surface area contributed by atoms with Crippen LogP contribution in [-0.2, 0) is 4.74 Å². The summed E-state index contributed by atoms with van der Waals surface area (Å²) in [7, 11) is 0. The lowest BCUT2D eigenvalue weighted by molar-refractivity contribution is 0.0519. The molecule has 0 saturated carbocycles. The van der Waals surface area contributed by atoms with E-state index in [4.69, 9.17) is 21.6 Å². The maximum atomic E-state index is 15.0. The molecule has 1 N–H and O–H groups in total. The number of halogens is 3. The van der Waals surface area contributed by atoms with Crippen LogP contribution in [-0.4, -0.2) is 106 Å². The number of carbonyl (C=O) groups excluding carboxylic acids is 1. The van der Waals surface area contributed by atoms with Crippen LogP contribution in [0.15, 0.2) is 54.8 Å². The zero-order chi connectivity index (χ0) is 31.5. The molecule has 1 aliphatic carbocycles. The number of imidazole rings is 1. The van der Waals surface area contributed by atoms with Gasteiger partial charge in [0.1, 0.15) is 18.5 Å². The quantitative estimate of drug-likeness (QED) is 0.360. The third-order valence-corrected chi connectivity index (χ3v) is 8.96. The average molecular weight is 637 g/mol. The summed E-state index contributed by atoms with van der Waals surface area (Å²) in [4.78, 5) is 28.9. The highest BCUT2D eigenvalue weighted by Gasteiger charge is 2.31. The Balaban J connectivity index is 1.10. The summed E-state index contributed by atoms with van der Waals surface area (Å²) >= 11 is 6.61. The van der Waals surface area contributed by atoms with Crippen LogP contribution in [0.5, 0.6) is 0 Å². The van der Waals surface area contributed by atoms with Gasteiger partial charge >= 0.3 is 0 Å². The number of alkyl halides is 1. The Kier molecular flexibility index (Phi) is 9.42. The number of ether oxygens (including phenoxy) is 1. The van der Waals surface area contributed by atoms with Gasteiger partial charge in [-0.25, -0.2) is 18.7 Å². The molecule has 236 valence electrons. The summed E-state index contributed by atoms with van der Waals surface area (Å²) in [5, 5.41) is 12.2. The second-order valence-electron chi connectivity index (χ2n) is 11.7. The Morgan fingerprint density at radius 3 is 2.71 bits per heavy atom. The number of benzene rings is 1. The summed E-state index contributed by atoms with van der Waals surface area (Å²) in [5.74, 6) is 0.0472. The van der Waals surface area contributed by atoms with Crippen LogP contribution in [0.3, 0.4) is 0 Å². The Morgan fingerprint density at radius 2 is 1.98 bits per heavy atom. The number of hydrogen-bond donors (Lipinski definition) is 1. The van der Waals surface area contributed by atoms with Gasteiger partial charge in [0.2, 0.25) is 0 Å². The van der Waals surface area contributed by atoms with Gasteiger partial charge in [-0.3, -0.25) is 14.1 Å². The van der Waals surface area contributed by atoms with Crippen LogP contribution in [0.4, 0.5) is 20.3 Å². The van der Waals surface area contributed by atoms with Crippen LogP contribution in [0, 0.1) is 17.2 Å². The van der Waals surface area contributed by atoms with E-state index in [1.807, 2.05) is 4.90 Å². The van der Waals surface area contributed by atoms with E-state index < -0.39 is 18.1 Å². The molecule has 0 spiro atoms. The van der Waals surface area contributed by atoms with Crippen molar-refractivity contribution in [1.29, 1.82) is 5.26 Å². The fraction of sp³-hybridized carbons (Fsp3) is 0.438. The topological polar surface area (TPSA) is 102 Å². The van der Waals surface area contributed by atoms with Crippen LogP contribution >= 0.6 is 11.6 Å². The SMILES string of the molecule is CC1CCN(CCN2CCN(C(=O)c3ccc(Nc4nccn5c(C6=C(F)C(F)C(OCC#N)C=C6)cnc45)cc3Cl)CC2)C1. The number of nitriles is 1. The number of rotatable bonds is 9. The van der Waals surface area contributed by atoms with Crippen LogP contribution in [0.25, 0.3) is 11.2 Å². The lowest BCUT2D eigenvalue weighted by atomic mass is 10.00. The van der Waals surface area contributed by atoms with Gasteiger partial charge in [-0.1, -0.05) is 30.7 Å². The maximum Gasteiger partial charge on any atom is 0.255 e. The molecule has 2 fully saturated rings. The Labute approximate surface area is 265 Å². The zero-order valence-corrected chi connectivity index (χ0v) is 25.8. The highest BCUT2D eigenvalue weighted by molar-refractivity contribution is 6.34. The highest BCUT2D eigenvalue weighted by Crippen LogP contribution is 2.33. The summed E-state index contributed by atoms with van der Waals surface area (Å²) in [6.45, 7) is 9.40. The van der Waals surface area contributed by atoms with Gasteiger partial charge in [-0.05, 0) is 37.1 Å². The first-order chi connectivity index (χ1) is 21.8. The predicted molar refractivity (Wildman–Crippen MR) is 168 cm³/mol. The summed E-state index contributed by atoms with van der Waals surface area (Å²) in [6, 6.07) is 6.88. The number of fused-ring (bicyclic) bond motifs is 1. The van der Waals surface area contributed by atoms with Crippen molar-refractivity contribution in [3.05, 3.63) is 71.0 Å². The minimum atomic E-state index is -2.04. The lowest BCUT2D eigenvalue weighted by Gasteiger charge is -2.35. The van der Waals surface area contributed by atoms with E-state index in [1.54, 1.807) is 34.9 Å². The summed E-state index contributed by atoms with van der Waals surface area (Å²) < 4.78 is 36.4. The molecule has 3 atom stereocenters. The maximum absolute atomic E-state index is 15.0. The number of carbonyl (C=O) groups is 1. The monoisotopic (exact) mass is 636 g/mol. The number of aromatic nitrogens is 3. The Hall–Kier alpha value is -3.89. The van der Waals surface area contributed by atoms with Gasteiger partial charge in [0.15, 0.2) is 17.6 Å². The first kappa shape index (κ1) is 31.1. The van der Waals surface area contributed by atoms with Gasteiger partial charge in [-0.2, -0.15) is 5.26 Å². The van der Waals surface area contributed by atoms with Gasteiger partial charge < -0.3 is 19.9 Å². The molecule has 13 heteroatoms. The first-order valence-corrected chi connectivity index (χ1v) is 15.5. The van der Waals surface area contributed by atoms with Crippen molar-refractivity contribution in [3.8, 4) is 6.07 Å². The number of allylic oxidation sites excluding steroid dienone is 2. The number of anilines is 2. The van der Waals surface area contributed by atoms with Crippen molar-refractivity contribution in [2.45, 2.75) is 25.6 Å².